The molecule has 0 unspecified atom stereocenters. The van der Waals surface area contributed by atoms with Crippen LogP contribution in [0.15, 0.2) is 42.5 Å². The molecule has 0 saturated carbocycles. The normalized spacial score (nSPS) is 10.2. The van der Waals surface area contributed by atoms with Gasteiger partial charge in [0.1, 0.15) is 11.5 Å². The Morgan fingerprint density at radius 1 is 1.17 bits per heavy atom. The maximum absolute atomic E-state index is 11.9. The van der Waals surface area contributed by atoms with E-state index in [2.05, 4.69) is 5.32 Å². The van der Waals surface area contributed by atoms with Crippen LogP contribution in [-0.2, 0) is 17.8 Å². The van der Waals surface area contributed by atoms with Crippen molar-refractivity contribution in [1.29, 1.82) is 0 Å². The van der Waals surface area contributed by atoms with Gasteiger partial charge in [-0.1, -0.05) is 30.7 Å². The van der Waals surface area contributed by atoms with Crippen LogP contribution in [0.4, 0.5) is 0 Å². The Balaban J connectivity index is 1.83. The minimum absolute atomic E-state index is 0.0330. The van der Waals surface area contributed by atoms with Gasteiger partial charge in [-0.15, -0.1) is 0 Å². The third kappa shape index (κ3) is 5.18. The summed E-state index contributed by atoms with van der Waals surface area (Å²) in [5.41, 5.74) is 1.97. The fourth-order valence-corrected chi connectivity index (χ4v) is 2.35. The maximum Gasteiger partial charge on any atom is 0.258 e. The van der Waals surface area contributed by atoms with Crippen LogP contribution in [0.1, 0.15) is 18.1 Å². The van der Waals surface area contributed by atoms with Crippen molar-refractivity contribution in [1.82, 2.24) is 5.32 Å². The van der Waals surface area contributed by atoms with Crippen molar-refractivity contribution in [2.75, 3.05) is 13.7 Å². The number of aryl methyl sites for hydroxylation is 1. The van der Waals surface area contributed by atoms with E-state index in [0.717, 1.165) is 23.3 Å². The molecule has 1 amide bonds. The summed E-state index contributed by atoms with van der Waals surface area (Å²) >= 11 is 6.06. The molecule has 0 radical (unpaired) electrons. The van der Waals surface area contributed by atoms with Crippen molar-refractivity contribution < 1.29 is 14.3 Å². The Morgan fingerprint density at radius 3 is 2.74 bits per heavy atom. The zero-order chi connectivity index (χ0) is 16.7. The molecule has 0 fully saturated rings. The van der Waals surface area contributed by atoms with Gasteiger partial charge in [-0.05, 0) is 47.9 Å². The van der Waals surface area contributed by atoms with Crippen molar-refractivity contribution in [3.05, 3.63) is 58.6 Å². The highest BCUT2D eigenvalue weighted by Gasteiger charge is 2.05. The van der Waals surface area contributed by atoms with Gasteiger partial charge < -0.3 is 14.8 Å². The molecule has 0 aliphatic heterocycles. The Labute approximate surface area is 141 Å². The molecule has 0 spiro atoms. The van der Waals surface area contributed by atoms with E-state index in [4.69, 9.17) is 21.1 Å². The standard InChI is InChI=1S/C18H20ClNO3/c1-3-14-10-16(7-8-17(14)19)23-12-18(21)20-11-13-5-4-6-15(9-13)22-2/h4-10H,3,11-12H2,1-2H3,(H,20,21). The molecule has 0 atom stereocenters. The second kappa shape index (κ2) is 8.44. The Bertz CT molecular complexity index is 673. The predicted octanol–water partition coefficient (Wildman–Crippen LogP) is 3.61. The molecule has 2 aromatic rings. The Kier molecular flexibility index (Phi) is 6.29. The predicted molar refractivity (Wildman–Crippen MR) is 91.2 cm³/mol. The lowest BCUT2D eigenvalue weighted by Gasteiger charge is -2.10. The number of halogens is 1. The number of methoxy groups -OCH3 is 1. The minimum atomic E-state index is -0.180. The largest absolute Gasteiger partial charge is 0.497 e. The van der Waals surface area contributed by atoms with Crippen LogP contribution >= 0.6 is 11.6 Å². The van der Waals surface area contributed by atoms with E-state index in [0.29, 0.717) is 17.3 Å². The van der Waals surface area contributed by atoms with Crippen LogP contribution in [0.2, 0.25) is 5.02 Å². The Morgan fingerprint density at radius 2 is 2.00 bits per heavy atom. The van der Waals surface area contributed by atoms with E-state index in [9.17, 15) is 4.79 Å². The summed E-state index contributed by atoms with van der Waals surface area (Å²) < 4.78 is 10.7. The zero-order valence-electron chi connectivity index (χ0n) is 13.3. The van der Waals surface area contributed by atoms with Crippen molar-refractivity contribution in [3.63, 3.8) is 0 Å². The topological polar surface area (TPSA) is 47.6 Å². The number of ether oxygens (including phenoxy) is 2. The first-order valence-electron chi connectivity index (χ1n) is 7.43. The number of carbonyl (C=O) groups is 1. The first kappa shape index (κ1) is 17.2. The first-order valence-corrected chi connectivity index (χ1v) is 7.81. The number of hydrogen-bond acceptors (Lipinski definition) is 3. The number of benzene rings is 2. The van der Waals surface area contributed by atoms with E-state index in [1.807, 2.05) is 37.3 Å². The lowest BCUT2D eigenvalue weighted by molar-refractivity contribution is -0.123. The molecular weight excluding hydrogens is 314 g/mol. The van der Waals surface area contributed by atoms with Gasteiger partial charge in [0.25, 0.3) is 5.91 Å². The lowest BCUT2D eigenvalue weighted by Crippen LogP contribution is -2.28. The van der Waals surface area contributed by atoms with E-state index in [-0.39, 0.29) is 12.5 Å². The van der Waals surface area contributed by atoms with E-state index < -0.39 is 0 Å². The quantitative estimate of drug-likeness (QED) is 0.842. The van der Waals surface area contributed by atoms with Crippen LogP contribution in [-0.4, -0.2) is 19.6 Å². The molecule has 0 saturated heterocycles. The van der Waals surface area contributed by atoms with Gasteiger partial charge >= 0.3 is 0 Å². The Hall–Kier alpha value is -2.20. The molecule has 0 aromatic heterocycles. The van der Waals surface area contributed by atoms with Crippen LogP contribution in [0.5, 0.6) is 11.5 Å². The second-order valence-electron chi connectivity index (χ2n) is 5.02. The van der Waals surface area contributed by atoms with Crippen LogP contribution in [0.3, 0.4) is 0 Å². The molecule has 0 bridgehead atoms. The third-order valence-corrected chi connectivity index (χ3v) is 3.76. The average Bonchev–Trinajstić information content (AvgIpc) is 2.59. The van der Waals surface area contributed by atoms with Gasteiger partial charge in [-0.2, -0.15) is 0 Å². The van der Waals surface area contributed by atoms with Gasteiger partial charge in [-0.25, -0.2) is 0 Å². The molecule has 0 aliphatic rings. The zero-order valence-corrected chi connectivity index (χ0v) is 14.0. The molecule has 122 valence electrons. The highest BCUT2D eigenvalue weighted by molar-refractivity contribution is 6.31. The van der Waals surface area contributed by atoms with Crippen molar-refractivity contribution >= 4 is 17.5 Å². The smallest absolute Gasteiger partial charge is 0.258 e. The van der Waals surface area contributed by atoms with E-state index in [1.54, 1.807) is 19.2 Å². The van der Waals surface area contributed by atoms with E-state index in [1.165, 1.54) is 0 Å². The summed E-state index contributed by atoms with van der Waals surface area (Å²) in [5, 5.41) is 3.53. The molecule has 4 nitrogen and oxygen atoms in total. The maximum atomic E-state index is 11.9. The molecule has 23 heavy (non-hydrogen) atoms. The first-order chi connectivity index (χ1) is 11.1. The van der Waals surface area contributed by atoms with Crippen LogP contribution in [0.25, 0.3) is 0 Å². The molecule has 0 aliphatic carbocycles. The van der Waals surface area contributed by atoms with E-state index >= 15 is 0 Å². The van der Waals surface area contributed by atoms with Crippen molar-refractivity contribution in [2.24, 2.45) is 0 Å². The minimum Gasteiger partial charge on any atom is -0.497 e. The second-order valence-corrected chi connectivity index (χ2v) is 5.43. The molecule has 5 heteroatoms. The highest BCUT2D eigenvalue weighted by Crippen LogP contribution is 2.22. The monoisotopic (exact) mass is 333 g/mol. The van der Waals surface area contributed by atoms with Gasteiger partial charge in [0.05, 0.1) is 7.11 Å². The average molecular weight is 334 g/mol. The van der Waals surface area contributed by atoms with Gasteiger partial charge in [-0.3, -0.25) is 4.79 Å². The number of hydrogen-bond donors (Lipinski definition) is 1. The SMILES string of the molecule is CCc1cc(OCC(=O)NCc2cccc(OC)c2)ccc1Cl. The summed E-state index contributed by atoms with van der Waals surface area (Å²) in [6, 6.07) is 13.0. The summed E-state index contributed by atoms with van der Waals surface area (Å²) in [5.74, 6) is 1.23. The fourth-order valence-electron chi connectivity index (χ4n) is 2.09. The lowest BCUT2D eigenvalue weighted by atomic mass is 10.1. The third-order valence-electron chi connectivity index (χ3n) is 3.39. The summed E-state index contributed by atoms with van der Waals surface area (Å²) in [4.78, 5) is 11.9. The molecular formula is C18H20ClNO3. The molecule has 0 heterocycles. The molecule has 1 N–H and O–H groups in total. The summed E-state index contributed by atoms with van der Waals surface area (Å²) in [6.07, 6.45) is 0.818. The van der Waals surface area contributed by atoms with Crippen molar-refractivity contribution in [2.45, 2.75) is 19.9 Å². The van der Waals surface area contributed by atoms with Gasteiger partial charge in [0.2, 0.25) is 0 Å². The summed E-state index contributed by atoms with van der Waals surface area (Å²) in [6.45, 7) is 2.42. The fraction of sp³-hybridized carbons (Fsp3) is 0.278. The van der Waals surface area contributed by atoms with Gasteiger partial charge in [0.15, 0.2) is 6.61 Å². The number of rotatable bonds is 7. The number of amides is 1. The van der Waals surface area contributed by atoms with Gasteiger partial charge in [0, 0.05) is 11.6 Å². The number of nitrogens with one attached hydrogen (secondary N) is 1. The van der Waals surface area contributed by atoms with Crippen molar-refractivity contribution in [3.8, 4) is 11.5 Å². The summed E-state index contributed by atoms with van der Waals surface area (Å²) in [7, 11) is 1.61. The van der Waals surface area contributed by atoms with Crippen LogP contribution < -0.4 is 14.8 Å². The molecule has 2 rings (SSSR count). The highest BCUT2D eigenvalue weighted by atomic mass is 35.5. The number of carbonyl (C=O) groups excluding carboxylic acids is 1. The van der Waals surface area contributed by atoms with Crippen LogP contribution in [0, 0.1) is 0 Å². The molecule has 2 aromatic carbocycles.